The van der Waals surface area contributed by atoms with Gasteiger partial charge in [-0.05, 0) is 37.6 Å². The van der Waals surface area contributed by atoms with Crippen molar-refractivity contribution in [3.05, 3.63) is 53.2 Å². The van der Waals surface area contributed by atoms with Crippen LogP contribution in [0.4, 0.5) is 8.78 Å². The lowest BCUT2D eigenvalue weighted by Crippen LogP contribution is -1.93. The second kappa shape index (κ2) is 4.00. The van der Waals surface area contributed by atoms with E-state index in [9.17, 15) is 8.78 Å². The van der Waals surface area contributed by atoms with Gasteiger partial charge in [-0.2, -0.15) is 0 Å². The molecule has 1 nitrogen and oxygen atoms in total. The second-order valence-corrected chi connectivity index (χ2v) is 3.72. The number of aryl methyl sites for hydroxylation is 2. The van der Waals surface area contributed by atoms with Gasteiger partial charge in [-0.25, -0.2) is 8.78 Å². The maximum atomic E-state index is 13.5. The van der Waals surface area contributed by atoms with E-state index in [1.54, 1.807) is 6.07 Å². The Morgan fingerprint density at radius 3 is 2.38 bits per heavy atom. The Morgan fingerprint density at radius 2 is 1.75 bits per heavy atom. The Labute approximate surface area is 92.8 Å². The third kappa shape index (κ3) is 1.94. The molecule has 1 heterocycles. The molecule has 2 rings (SSSR count). The number of pyridine rings is 1. The van der Waals surface area contributed by atoms with Gasteiger partial charge in [0.1, 0.15) is 11.6 Å². The molecule has 0 atom stereocenters. The van der Waals surface area contributed by atoms with Gasteiger partial charge in [-0.3, -0.25) is 4.98 Å². The summed E-state index contributed by atoms with van der Waals surface area (Å²) in [5, 5.41) is 0. The maximum Gasteiger partial charge on any atom is 0.135 e. The first kappa shape index (κ1) is 10.7. The molecule has 0 unspecified atom stereocenters. The van der Waals surface area contributed by atoms with Gasteiger partial charge >= 0.3 is 0 Å². The molecular weight excluding hydrogens is 208 g/mol. The first-order chi connectivity index (χ1) is 7.58. The predicted octanol–water partition coefficient (Wildman–Crippen LogP) is 3.64. The molecule has 0 saturated carbocycles. The molecule has 0 amide bonds. The zero-order valence-corrected chi connectivity index (χ0v) is 9.09. The van der Waals surface area contributed by atoms with Gasteiger partial charge in [-0.1, -0.05) is 6.07 Å². The van der Waals surface area contributed by atoms with Crippen LogP contribution in [0.3, 0.4) is 0 Å². The highest BCUT2D eigenvalue weighted by Crippen LogP contribution is 2.22. The minimum atomic E-state index is -0.587. The summed E-state index contributed by atoms with van der Waals surface area (Å²) in [6.45, 7) is 3.80. The molecule has 0 fully saturated rings. The van der Waals surface area contributed by atoms with Crippen LogP contribution in [-0.4, -0.2) is 4.98 Å². The molecule has 3 heteroatoms. The second-order valence-electron chi connectivity index (χ2n) is 3.72. The molecule has 0 saturated heterocycles. The first-order valence-corrected chi connectivity index (χ1v) is 4.97. The van der Waals surface area contributed by atoms with Gasteiger partial charge < -0.3 is 0 Å². The number of rotatable bonds is 1. The number of nitrogens with zero attached hydrogens (tertiary/aromatic N) is 1. The molecular formula is C13H11F2N. The largest absolute Gasteiger partial charge is 0.253 e. The lowest BCUT2D eigenvalue weighted by Gasteiger charge is -2.05. The molecule has 0 bridgehead atoms. The molecule has 0 spiro atoms. The number of halogens is 2. The van der Waals surface area contributed by atoms with E-state index in [2.05, 4.69) is 4.98 Å². The van der Waals surface area contributed by atoms with E-state index in [1.807, 2.05) is 19.9 Å². The van der Waals surface area contributed by atoms with E-state index in [4.69, 9.17) is 0 Å². The number of benzene rings is 1. The van der Waals surface area contributed by atoms with Crippen molar-refractivity contribution in [1.29, 1.82) is 0 Å². The van der Waals surface area contributed by atoms with E-state index in [0.717, 1.165) is 17.3 Å². The summed E-state index contributed by atoms with van der Waals surface area (Å²) in [5.41, 5.74) is 2.75. The van der Waals surface area contributed by atoms with Crippen LogP contribution in [0.2, 0.25) is 0 Å². The summed E-state index contributed by atoms with van der Waals surface area (Å²) >= 11 is 0. The third-order valence-electron chi connectivity index (χ3n) is 2.56. The average molecular weight is 219 g/mol. The van der Waals surface area contributed by atoms with E-state index in [-0.39, 0.29) is 0 Å². The zero-order chi connectivity index (χ0) is 11.7. The van der Waals surface area contributed by atoms with Gasteiger partial charge in [0, 0.05) is 17.3 Å². The van der Waals surface area contributed by atoms with Crippen LogP contribution >= 0.6 is 0 Å². The van der Waals surface area contributed by atoms with Crippen molar-refractivity contribution in [3.63, 3.8) is 0 Å². The monoisotopic (exact) mass is 219 g/mol. The first-order valence-electron chi connectivity index (χ1n) is 4.97. The molecule has 1 aromatic carbocycles. The zero-order valence-electron chi connectivity index (χ0n) is 9.09. The van der Waals surface area contributed by atoms with Gasteiger partial charge in [-0.15, -0.1) is 0 Å². The Kier molecular flexibility index (Phi) is 2.69. The minimum Gasteiger partial charge on any atom is -0.253 e. The average Bonchev–Trinajstić information content (AvgIpc) is 2.22. The number of aromatic nitrogens is 1. The van der Waals surface area contributed by atoms with E-state index >= 15 is 0 Å². The molecule has 1 aromatic heterocycles. The highest BCUT2D eigenvalue weighted by atomic mass is 19.1. The molecule has 0 N–H and O–H groups in total. The summed E-state index contributed by atoms with van der Waals surface area (Å²) in [6, 6.07) is 7.11. The number of hydrogen-bond donors (Lipinski definition) is 0. The molecule has 16 heavy (non-hydrogen) atoms. The normalized spacial score (nSPS) is 10.5. The van der Waals surface area contributed by atoms with E-state index in [0.29, 0.717) is 11.3 Å². The fourth-order valence-corrected chi connectivity index (χ4v) is 1.48. The standard InChI is InChI=1S/C13H11F2N/c1-8-3-6-13(16-9(8)2)11-5-4-10(14)7-12(11)15/h3-7H,1-2H3. The molecule has 0 aliphatic rings. The Bertz CT molecular complexity index is 535. The fourth-order valence-electron chi connectivity index (χ4n) is 1.48. The van der Waals surface area contributed by atoms with E-state index < -0.39 is 11.6 Å². The predicted molar refractivity (Wildman–Crippen MR) is 59.1 cm³/mol. The van der Waals surface area contributed by atoms with Crippen molar-refractivity contribution in [2.45, 2.75) is 13.8 Å². The van der Waals surface area contributed by atoms with Crippen molar-refractivity contribution >= 4 is 0 Å². The number of hydrogen-bond acceptors (Lipinski definition) is 1. The van der Waals surface area contributed by atoms with Gasteiger partial charge in [0.15, 0.2) is 0 Å². The Balaban J connectivity index is 2.54. The smallest absolute Gasteiger partial charge is 0.135 e. The van der Waals surface area contributed by atoms with Crippen LogP contribution < -0.4 is 0 Å². The molecule has 82 valence electrons. The van der Waals surface area contributed by atoms with Crippen LogP contribution in [-0.2, 0) is 0 Å². The highest BCUT2D eigenvalue weighted by Gasteiger charge is 2.08. The maximum absolute atomic E-state index is 13.5. The van der Waals surface area contributed by atoms with Crippen LogP contribution in [0.5, 0.6) is 0 Å². The van der Waals surface area contributed by atoms with Gasteiger partial charge in [0.2, 0.25) is 0 Å². The van der Waals surface area contributed by atoms with Crippen LogP contribution in [0.1, 0.15) is 11.3 Å². The summed E-state index contributed by atoms with van der Waals surface area (Å²) < 4.78 is 26.2. The van der Waals surface area contributed by atoms with Crippen molar-refractivity contribution < 1.29 is 8.78 Å². The summed E-state index contributed by atoms with van der Waals surface area (Å²) in [6.07, 6.45) is 0. The van der Waals surface area contributed by atoms with E-state index in [1.165, 1.54) is 12.1 Å². The van der Waals surface area contributed by atoms with Gasteiger partial charge in [0.25, 0.3) is 0 Å². The molecule has 0 aliphatic heterocycles. The van der Waals surface area contributed by atoms with Gasteiger partial charge in [0.05, 0.1) is 5.69 Å². The SMILES string of the molecule is Cc1ccc(-c2ccc(F)cc2F)nc1C. The highest BCUT2D eigenvalue weighted by molar-refractivity contribution is 5.60. The summed E-state index contributed by atoms with van der Waals surface area (Å²) in [5.74, 6) is -1.17. The molecule has 0 radical (unpaired) electrons. The summed E-state index contributed by atoms with van der Waals surface area (Å²) in [4.78, 5) is 4.27. The lowest BCUT2D eigenvalue weighted by atomic mass is 10.1. The van der Waals surface area contributed by atoms with Crippen LogP contribution in [0.25, 0.3) is 11.3 Å². The van der Waals surface area contributed by atoms with Crippen molar-refractivity contribution in [2.75, 3.05) is 0 Å². The minimum absolute atomic E-state index is 0.324. The van der Waals surface area contributed by atoms with Crippen LogP contribution in [0, 0.1) is 25.5 Å². The van der Waals surface area contributed by atoms with Crippen molar-refractivity contribution in [2.24, 2.45) is 0 Å². The van der Waals surface area contributed by atoms with Crippen molar-refractivity contribution in [1.82, 2.24) is 4.98 Å². The van der Waals surface area contributed by atoms with Crippen LogP contribution in [0.15, 0.2) is 30.3 Å². The Morgan fingerprint density at radius 1 is 1.00 bits per heavy atom. The lowest BCUT2D eigenvalue weighted by molar-refractivity contribution is 0.585. The fraction of sp³-hybridized carbons (Fsp3) is 0.154. The van der Waals surface area contributed by atoms with Crippen molar-refractivity contribution in [3.8, 4) is 11.3 Å². The third-order valence-corrected chi connectivity index (χ3v) is 2.56. The molecule has 0 aliphatic carbocycles. The topological polar surface area (TPSA) is 12.9 Å². The quantitative estimate of drug-likeness (QED) is 0.713. The Hall–Kier alpha value is -1.77. The summed E-state index contributed by atoms with van der Waals surface area (Å²) in [7, 11) is 0. The molecule has 2 aromatic rings.